The third-order valence-corrected chi connectivity index (χ3v) is 6.81. The monoisotopic (exact) mass is 430 g/mol. The molecule has 0 aromatic carbocycles. The zero-order valence-corrected chi connectivity index (χ0v) is 18.3. The molecule has 31 heavy (non-hydrogen) atoms. The van der Waals surface area contributed by atoms with E-state index in [0.29, 0.717) is 24.1 Å². The van der Waals surface area contributed by atoms with Crippen molar-refractivity contribution in [2.24, 2.45) is 5.92 Å². The fraction of sp³-hybridized carbons (Fsp3) is 0.667. The van der Waals surface area contributed by atoms with Gasteiger partial charge in [0.15, 0.2) is 5.65 Å². The number of aromatic nitrogens is 4. The van der Waals surface area contributed by atoms with E-state index in [2.05, 4.69) is 15.5 Å². The van der Waals surface area contributed by atoms with E-state index < -0.39 is 5.54 Å². The molecule has 0 bridgehead atoms. The van der Waals surface area contributed by atoms with Gasteiger partial charge < -0.3 is 4.90 Å². The number of unbranched alkanes of at least 4 members (excludes halogenated alkanes) is 1. The van der Waals surface area contributed by atoms with Crippen LogP contribution < -0.4 is 16.6 Å². The number of urea groups is 1. The quantitative estimate of drug-likeness (QED) is 0.676. The van der Waals surface area contributed by atoms with Gasteiger partial charge in [0.1, 0.15) is 10.9 Å². The van der Waals surface area contributed by atoms with Gasteiger partial charge >= 0.3 is 11.7 Å². The molecule has 1 saturated heterocycles. The van der Waals surface area contributed by atoms with Gasteiger partial charge in [0, 0.05) is 25.3 Å². The highest BCUT2D eigenvalue weighted by Gasteiger charge is 2.46. The molecule has 2 N–H and O–H groups in total. The van der Waals surface area contributed by atoms with E-state index in [1.165, 1.54) is 4.57 Å². The van der Waals surface area contributed by atoms with Gasteiger partial charge in [-0.1, -0.05) is 13.3 Å². The van der Waals surface area contributed by atoms with E-state index in [-0.39, 0.29) is 35.1 Å². The first kappa shape index (κ1) is 21.3. The Morgan fingerprint density at radius 3 is 2.45 bits per heavy atom. The molecule has 168 valence electrons. The number of nitrogens with one attached hydrogen (secondary N) is 2. The molecule has 2 aromatic heterocycles. The van der Waals surface area contributed by atoms with E-state index in [9.17, 15) is 19.2 Å². The van der Waals surface area contributed by atoms with Gasteiger partial charge in [-0.15, -0.1) is 0 Å². The summed E-state index contributed by atoms with van der Waals surface area (Å²) in [5.74, 6) is -0.0171. The topological polar surface area (TPSA) is 122 Å². The molecular weight excluding hydrogens is 400 g/mol. The number of carbonyl (C=O) groups is 2. The lowest BCUT2D eigenvalue weighted by Crippen LogP contribution is -2.47. The van der Waals surface area contributed by atoms with Crippen molar-refractivity contribution in [3.05, 3.63) is 27.0 Å². The van der Waals surface area contributed by atoms with Crippen LogP contribution in [-0.2, 0) is 11.3 Å². The van der Waals surface area contributed by atoms with Gasteiger partial charge in [0.2, 0.25) is 0 Å². The van der Waals surface area contributed by atoms with Crippen LogP contribution in [-0.4, -0.2) is 48.3 Å². The minimum atomic E-state index is -0.846. The van der Waals surface area contributed by atoms with Gasteiger partial charge in [-0.3, -0.25) is 29.1 Å². The summed E-state index contributed by atoms with van der Waals surface area (Å²) < 4.78 is 3.01. The molecule has 0 unspecified atom stereocenters. The highest BCUT2D eigenvalue weighted by Crippen LogP contribution is 2.34. The van der Waals surface area contributed by atoms with Crippen molar-refractivity contribution in [1.82, 2.24) is 29.5 Å². The van der Waals surface area contributed by atoms with Crippen molar-refractivity contribution < 1.29 is 9.59 Å². The standard InChI is InChI=1S/C21H30N6O4/c1-4-5-10-25-17(28)15-11-22-24-16(15)27(20(25)31)14-8-6-13(7-9-14)12-26-19(30)23-18(29)21(26,2)3/h11,13-14H,4-10,12H2,1-3H3,(H,22,24)(H,23,29,30). The van der Waals surface area contributed by atoms with Crippen molar-refractivity contribution in [2.45, 2.75) is 77.4 Å². The normalized spacial score (nSPS) is 23.5. The fourth-order valence-corrected chi connectivity index (χ4v) is 4.77. The summed E-state index contributed by atoms with van der Waals surface area (Å²) >= 11 is 0. The second kappa shape index (κ2) is 7.97. The summed E-state index contributed by atoms with van der Waals surface area (Å²) in [6.45, 7) is 6.45. The van der Waals surface area contributed by atoms with Crippen LogP contribution in [0.3, 0.4) is 0 Å². The van der Waals surface area contributed by atoms with E-state index >= 15 is 0 Å². The average molecular weight is 431 g/mol. The molecule has 10 nitrogen and oxygen atoms in total. The number of rotatable bonds is 6. The maximum absolute atomic E-state index is 13.2. The first-order valence-electron chi connectivity index (χ1n) is 11.1. The summed E-state index contributed by atoms with van der Waals surface area (Å²) in [7, 11) is 0. The van der Waals surface area contributed by atoms with Crippen molar-refractivity contribution in [3.8, 4) is 0 Å². The van der Waals surface area contributed by atoms with Crippen LogP contribution in [0.5, 0.6) is 0 Å². The Hall–Kier alpha value is -2.91. The van der Waals surface area contributed by atoms with Crippen LogP contribution in [0.1, 0.15) is 65.3 Å². The van der Waals surface area contributed by atoms with E-state index in [4.69, 9.17) is 0 Å². The first-order chi connectivity index (χ1) is 14.8. The predicted octanol–water partition coefficient (Wildman–Crippen LogP) is 1.75. The minimum absolute atomic E-state index is 0.0509. The molecule has 2 fully saturated rings. The number of hydrogen-bond acceptors (Lipinski definition) is 5. The lowest BCUT2D eigenvalue weighted by Gasteiger charge is -2.35. The Labute approximate surface area is 179 Å². The Morgan fingerprint density at radius 2 is 1.84 bits per heavy atom. The minimum Gasteiger partial charge on any atom is -0.310 e. The largest absolute Gasteiger partial charge is 0.332 e. The lowest BCUT2D eigenvalue weighted by atomic mass is 9.85. The van der Waals surface area contributed by atoms with Crippen LogP contribution in [0.25, 0.3) is 11.0 Å². The summed E-state index contributed by atoms with van der Waals surface area (Å²) in [5, 5.41) is 9.77. The van der Waals surface area contributed by atoms with Crippen LogP contribution in [0.15, 0.2) is 15.8 Å². The number of amides is 3. The smallest absolute Gasteiger partial charge is 0.310 e. The Morgan fingerprint density at radius 1 is 1.13 bits per heavy atom. The molecule has 10 heteroatoms. The molecule has 1 aliphatic heterocycles. The van der Waals surface area contributed by atoms with Gasteiger partial charge in [0.25, 0.3) is 11.5 Å². The average Bonchev–Trinajstić information content (AvgIpc) is 3.28. The van der Waals surface area contributed by atoms with Crippen molar-refractivity contribution in [3.63, 3.8) is 0 Å². The molecule has 1 aliphatic carbocycles. The molecular formula is C21H30N6O4. The van der Waals surface area contributed by atoms with Gasteiger partial charge in [-0.25, -0.2) is 9.59 Å². The zero-order valence-electron chi connectivity index (χ0n) is 18.3. The van der Waals surface area contributed by atoms with Crippen molar-refractivity contribution in [2.75, 3.05) is 6.54 Å². The summed E-state index contributed by atoms with van der Waals surface area (Å²) in [6.07, 6.45) is 6.37. The fourth-order valence-electron chi connectivity index (χ4n) is 4.77. The zero-order chi connectivity index (χ0) is 22.3. The highest BCUT2D eigenvalue weighted by atomic mass is 16.2. The number of imide groups is 1. The molecule has 3 heterocycles. The van der Waals surface area contributed by atoms with Crippen LogP contribution in [0.2, 0.25) is 0 Å². The Kier molecular flexibility index (Phi) is 5.49. The maximum Gasteiger partial charge on any atom is 0.332 e. The second-order valence-corrected chi connectivity index (χ2v) is 9.19. The summed E-state index contributed by atoms with van der Waals surface area (Å²) in [5.41, 5.74) is -1.02. The van der Waals surface area contributed by atoms with Crippen molar-refractivity contribution in [1.29, 1.82) is 0 Å². The number of H-pyrrole nitrogens is 1. The molecule has 2 aliphatic rings. The SMILES string of the molecule is CCCCn1c(=O)c2c[nH]nc2n(C2CCC(CN3C(=O)NC(=O)C3(C)C)CC2)c1=O. The molecule has 0 spiro atoms. The summed E-state index contributed by atoms with van der Waals surface area (Å²) in [4.78, 5) is 51.8. The number of hydrogen-bond donors (Lipinski definition) is 2. The molecule has 0 radical (unpaired) electrons. The third-order valence-electron chi connectivity index (χ3n) is 6.81. The highest BCUT2D eigenvalue weighted by molar-refractivity contribution is 6.06. The summed E-state index contributed by atoms with van der Waals surface area (Å²) in [6, 6.07) is -0.389. The first-order valence-corrected chi connectivity index (χ1v) is 11.1. The lowest BCUT2D eigenvalue weighted by molar-refractivity contribution is -0.125. The van der Waals surface area contributed by atoms with E-state index in [0.717, 1.165) is 38.5 Å². The molecule has 1 saturated carbocycles. The van der Waals surface area contributed by atoms with Crippen LogP contribution >= 0.6 is 0 Å². The van der Waals surface area contributed by atoms with Crippen molar-refractivity contribution >= 4 is 23.0 Å². The maximum atomic E-state index is 13.2. The second-order valence-electron chi connectivity index (χ2n) is 9.19. The number of aromatic amines is 1. The van der Waals surface area contributed by atoms with Gasteiger partial charge in [-0.2, -0.15) is 5.10 Å². The Bertz CT molecular complexity index is 1120. The molecule has 3 amide bonds. The van der Waals surface area contributed by atoms with Crippen LogP contribution in [0.4, 0.5) is 4.79 Å². The third kappa shape index (κ3) is 3.57. The number of nitrogens with zero attached hydrogens (tertiary/aromatic N) is 4. The van der Waals surface area contributed by atoms with E-state index in [1.54, 1.807) is 29.5 Å². The van der Waals surface area contributed by atoms with E-state index in [1.807, 2.05) is 6.92 Å². The molecule has 4 rings (SSSR count). The molecule has 0 atom stereocenters. The predicted molar refractivity (Wildman–Crippen MR) is 115 cm³/mol. The number of carbonyl (C=O) groups excluding carboxylic acids is 2. The molecule has 2 aromatic rings. The Balaban J connectivity index is 1.55. The van der Waals surface area contributed by atoms with Gasteiger partial charge in [-0.05, 0) is 51.9 Å². The van der Waals surface area contributed by atoms with Crippen LogP contribution in [0, 0.1) is 5.92 Å². The number of fused-ring (bicyclic) bond motifs is 1. The van der Waals surface area contributed by atoms with Gasteiger partial charge in [0.05, 0.1) is 0 Å².